The molecular weight excluding hydrogens is 216 g/mol. The van der Waals surface area contributed by atoms with E-state index in [0.29, 0.717) is 17.4 Å². The number of nitrogens with two attached hydrogens (primary N) is 1. The molecule has 2 aliphatic carbocycles. The molecule has 98 valence electrons. The van der Waals surface area contributed by atoms with Crippen molar-refractivity contribution in [2.75, 3.05) is 6.54 Å². The van der Waals surface area contributed by atoms with Crippen molar-refractivity contribution in [1.82, 2.24) is 5.32 Å². The van der Waals surface area contributed by atoms with Gasteiger partial charge in [0.1, 0.15) is 5.60 Å². The first-order chi connectivity index (χ1) is 7.78. The maximum atomic E-state index is 11.4. The van der Waals surface area contributed by atoms with Crippen LogP contribution in [0.5, 0.6) is 0 Å². The van der Waals surface area contributed by atoms with E-state index in [0.717, 1.165) is 6.54 Å². The number of carbonyl (C=O) groups excluding carboxylic acids is 1. The van der Waals surface area contributed by atoms with Crippen LogP contribution in [0.3, 0.4) is 0 Å². The van der Waals surface area contributed by atoms with Gasteiger partial charge in [-0.1, -0.05) is 0 Å². The molecule has 0 saturated heterocycles. The Balaban J connectivity index is 1.60. The number of rotatable bonds is 2. The number of ether oxygens (including phenoxy) is 1. The van der Waals surface area contributed by atoms with Gasteiger partial charge in [0.25, 0.3) is 0 Å². The monoisotopic (exact) mass is 240 g/mol. The van der Waals surface area contributed by atoms with Crippen LogP contribution in [0, 0.1) is 11.3 Å². The van der Waals surface area contributed by atoms with Crippen LogP contribution >= 0.6 is 0 Å². The maximum Gasteiger partial charge on any atom is 0.407 e. The first-order valence-electron chi connectivity index (χ1n) is 6.50. The highest BCUT2D eigenvalue weighted by Crippen LogP contribution is 2.57. The minimum absolute atomic E-state index is 0.302. The van der Waals surface area contributed by atoms with E-state index >= 15 is 0 Å². The summed E-state index contributed by atoms with van der Waals surface area (Å²) in [5.74, 6) is 0.620. The van der Waals surface area contributed by atoms with Crippen molar-refractivity contribution >= 4 is 6.09 Å². The fourth-order valence-electron chi connectivity index (χ4n) is 3.24. The normalized spacial score (nSPS) is 36.0. The van der Waals surface area contributed by atoms with Crippen LogP contribution < -0.4 is 11.1 Å². The molecule has 0 aromatic heterocycles. The van der Waals surface area contributed by atoms with E-state index in [1.807, 2.05) is 20.8 Å². The van der Waals surface area contributed by atoms with Crippen molar-refractivity contribution in [1.29, 1.82) is 0 Å². The van der Waals surface area contributed by atoms with Gasteiger partial charge in [-0.15, -0.1) is 0 Å². The van der Waals surface area contributed by atoms with Gasteiger partial charge in [-0.3, -0.25) is 0 Å². The fourth-order valence-corrected chi connectivity index (χ4v) is 3.24. The van der Waals surface area contributed by atoms with E-state index in [4.69, 9.17) is 10.5 Å². The molecule has 4 nitrogen and oxygen atoms in total. The molecule has 2 saturated carbocycles. The Morgan fingerprint density at radius 1 is 1.35 bits per heavy atom. The molecule has 0 unspecified atom stereocenters. The highest BCUT2D eigenvalue weighted by Gasteiger charge is 2.51. The van der Waals surface area contributed by atoms with Crippen molar-refractivity contribution in [2.45, 2.75) is 58.1 Å². The average molecular weight is 240 g/mol. The third-order valence-electron chi connectivity index (χ3n) is 3.77. The number of hydrogen-bond donors (Lipinski definition) is 2. The van der Waals surface area contributed by atoms with Crippen LogP contribution in [-0.2, 0) is 4.74 Å². The van der Waals surface area contributed by atoms with Gasteiger partial charge in [-0.05, 0) is 57.8 Å². The molecule has 0 aromatic rings. The smallest absolute Gasteiger partial charge is 0.407 e. The Morgan fingerprint density at radius 2 is 1.94 bits per heavy atom. The van der Waals surface area contributed by atoms with E-state index in [1.54, 1.807) is 0 Å². The number of amides is 1. The summed E-state index contributed by atoms with van der Waals surface area (Å²) < 4.78 is 5.20. The maximum absolute atomic E-state index is 11.4. The first-order valence-corrected chi connectivity index (χ1v) is 6.50. The zero-order valence-electron chi connectivity index (χ0n) is 11.1. The standard InChI is InChI=1S/C13H24N2O2/c1-12(2,3)17-11(16)15-8-9-4-13(5-9)6-10(14)7-13/h9-10H,4-8,14H2,1-3H3,(H,15,16). The van der Waals surface area contributed by atoms with Crippen molar-refractivity contribution in [3.8, 4) is 0 Å². The number of nitrogens with one attached hydrogen (secondary N) is 1. The lowest BCUT2D eigenvalue weighted by Gasteiger charge is -2.57. The Hall–Kier alpha value is -0.770. The van der Waals surface area contributed by atoms with E-state index in [2.05, 4.69) is 5.32 Å². The Labute approximate surface area is 103 Å². The van der Waals surface area contributed by atoms with E-state index in [9.17, 15) is 4.79 Å². The van der Waals surface area contributed by atoms with Gasteiger partial charge >= 0.3 is 6.09 Å². The second-order valence-corrected chi connectivity index (χ2v) is 6.83. The van der Waals surface area contributed by atoms with Gasteiger partial charge in [0, 0.05) is 12.6 Å². The summed E-state index contributed by atoms with van der Waals surface area (Å²) in [6.45, 7) is 6.37. The zero-order chi connectivity index (χ0) is 12.7. The molecule has 1 spiro atoms. The van der Waals surface area contributed by atoms with E-state index in [-0.39, 0.29) is 6.09 Å². The summed E-state index contributed by atoms with van der Waals surface area (Å²) in [7, 11) is 0. The molecule has 0 heterocycles. The van der Waals surface area contributed by atoms with Crippen molar-refractivity contribution < 1.29 is 9.53 Å². The Bertz CT molecular complexity index is 295. The average Bonchev–Trinajstić information content (AvgIpc) is 2.03. The Kier molecular flexibility index (Phi) is 3.10. The topological polar surface area (TPSA) is 64.3 Å². The summed E-state index contributed by atoms with van der Waals surface area (Å²) in [4.78, 5) is 11.4. The summed E-state index contributed by atoms with van der Waals surface area (Å²) in [5, 5.41) is 2.85. The summed E-state index contributed by atoms with van der Waals surface area (Å²) in [6.07, 6.45) is 4.49. The molecule has 0 aromatic carbocycles. The molecule has 2 fully saturated rings. The van der Waals surface area contributed by atoms with Gasteiger partial charge in [0.05, 0.1) is 0 Å². The molecule has 0 bridgehead atoms. The van der Waals surface area contributed by atoms with Crippen molar-refractivity contribution in [3.63, 3.8) is 0 Å². The molecule has 2 aliphatic rings. The number of carbonyl (C=O) groups is 1. The minimum atomic E-state index is -0.411. The van der Waals surface area contributed by atoms with Crippen molar-refractivity contribution in [3.05, 3.63) is 0 Å². The number of hydrogen-bond acceptors (Lipinski definition) is 3. The van der Waals surface area contributed by atoms with Gasteiger partial charge in [-0.2, -0.15) is 0 Å². The quantitative estimate of drug-likeness (QED) is 0.776. The van der Waals surface area contributed by atoms with E-state index in [1.165, 1.54) is 25.7 Å². The van der Waals surface area contributed by atoms with Gasteiger partial charge in [0.15, 0.2) is 0 Å². The van der Waals surface area contributed by atoms with Crippen LogP contribution in [-0.4, -0.2) is 24.3 Å². The third-order valence-corrected chi connectivity index (χ3v) is 3.77. The van der Waals surface area contributed by atoms with E-state index < -0.39 is 5.60 Å². The first kappa shape index (κ1) is 12.7. The van der Waals surface area contributed by atoms with Gasteiger partial charge < -0.3 is 15.8 Å². The minimum Gasteiger partial charge on any atom is -0.444 e. The second kappa shape index (κ2) is 4.16. The van der Waals surface area contributed by atoms with Crippen LogP contribution in [0.2, 0.25) is 0 Å². The second-order valence-electron chi connectivity index (χ2n) is 6.83. The highest BCUT2D eigenvalue weighted by atomic mass is 16.6. The van der Waals surface area contributed by atoms with Crippen LogP contribution in [0.15, 0.2) is 0 Å². The van der Waals surface area contributed by atoms with Gasteiger partial charge in [0.2, 0.25) is 0 Å². The third kappa shape index (κ3) is 3.12. The predicted octanol–water partition coefficient (Wildman–Crippen LogP) is 2.03. The van der Waals surface area contributed by atoms with Crippen molar-refractivity contribution in [2.24, 2.45) is 17.1 Å². The molecule has 1 amide bonds. The van der Waals surface area contributed by atoms with Crippen LogP contribution in [0.25, 0.3) is 0 Å². The van der Waals surface area contributed by atoms with Crippen LogP contribution in [0.4, 0.5) is 4.79 Å². The molecule has 17 heavy (non-hydrogen) atoms. The predicted molar refractivity (Wildman–Crippen MR) is 66.6 cm³/mol. The highest BCUT2D eigenvalue weighted by molar-refractivity contribution is 5.67. The lowest BCUT2D eigenvalue weighted by molar-refractivity contribution is -0.0388. The molecule has 0 aliphatic heterocycles. The summed E-state index contributed by atoms with van der Waals surface area (Å²) in [5.41, 5.74) is 5.94. The van der Waals surface area contributed by atoms with Gasteiger partial charge in [-0.25, -0.2) is 4.79 Å². The van der Waals surface area contributed by atoms with Crippen LogP contribution in [0.1, 0.15) is 46.5 Å². The summed E-state index contributed by atoms with van der Waals surface area (Å²) in [6, 6.07) is 0.426. The molecule has 3 N–H and O–H groups in total. The molecule has 0 atom stereocenters. The molecule has 0 radical (unpaired) electrons. The fraction of sp³-hybridized carbons (Fsp3) is 0.923. The lowest BCUT2D eigenvalue weighted by Crippen LogP contribution is -2.55. The largest absolute Gasteiger partial charge is 0.444 e. The SMILES string of the molecule is CC(C)(C)OC(=O)NCC1CC2(CC(N)C2)C1. The molecular formula is C13H24N2O2. The number of alkyl carbamates (subject to hydrolysis) is 1. The summed E-state index contributed by atoms with van der Waals surface area (Å²) >= 11 is 0. The zero-order valence-corrected chi connectivity index (χ0v) is 11.1. The molecule has 2 rings (SSSR count). The Morgan fingerprint density at radius 3 is 2.41 bits per heavy atom. The molecule has 4 heteroatoms. The lowest BCUT2D eigenvalue weighted by atomic mass is 9.50.